The van der Waals surface area contributed by atoms with Crippen LogP contribution in [0.25, 0.3) is 0 Å². The van der Waals surface area contributed by atoms with Crippen molar-refractivity contribution in [3.8, 4) is 0 Å². The number of rotatable bonds is 1. The minimum Gasteiger partial charge on any atom is -0.379 e. The van der Waals surface area contributed by atoms with E-state index in [0.717, 1.165) is 45.6 Å². The largest absolute Gasteiger partial charge is 0.379 e. The Morgan fingerprint density at radius 2 is 2.12 bits per heavy atom. The molecule has 0 aromatic carbocycles. The second kappa shape index (κ2) is 4.00. The van der Waals surface area contributed by atoms with Gasteiger partial charge in [-0.05, 0) is 25.7 Å². The molecule has 4 nitrogen and oxygen atoms in total. The Morgan fingerprint density at radius 1 is 1.31 bits per heavy atom. The molecular weight excluding hydrogens is 204 g/mol. The molecule has 0 radical (unpaired) electrons. The van der Waals surface area contributed by atoms with E-state index in [4.69, 9.17) is 4.74 Å². The van der Waals surface area contributed by atoms with Crippen molar-refractivity contribution < 1.29 is 9.53 Å². The number of amides is 1. The van der Waals surface area contributed by atoms with Crippen LogP contribution in [0.4, 0.5) is 0 Å². The number of hydrogen-bond acceptors (Lipinski definition) is 3. The fraction of sp³-hybridized carbons (Fsp3) is 0.917. The summed E-state index contributed by atoms with van der Waals surface area (Å²) in [7, 11) is 0. The van der Waals surface area contributed by atoms with Crippen molar-refractivity contribution in [2.24, 2.45) is 0 Å². The van der Waals surface area contributed by atoms with Crippen LogP contribution < -0.4 is 5.32 Å². The van der Waals surface area contributed by atoms with Gasteiger partial charge < -0.3 is 9.64 Å². The first-order valence-corrected chi connectivity index (χ1v) is 6.46. The lowest BCUT2D eigenvalue weighted by molar-refractivity contribution is -0.136. The highest BCUT2D eigenvalue weighted by Crippen LogP contribution is 2.35. The van der Waals surface area contributed by atoms with Gasteiger partial charge in [-0.3, -0.25) is 10.1 Å². The van der Waals surface area contributed by atoms with Crippen LogP contribution in [-0.4, -0.2) is 42.3 Å². The van der Waals surface area contributed by atoms with Crippen molar-refractivity contribution in [2.75, 3.05) is 19.9 Å². The molecule has 0 aromatic rings. The van der Waals surface area contributed by atoms with Crippen molar-refractivity contribution in [2.45, 2.75) is 50.1 Å². The second-order valence-corrected chi connectivity index (χ2v) is 5.27. The quantitative estimate of drug-likeness (QED) is 0.718. The molecule has 3 aliphatic rings. The van der Waals surface area contributed by atoms with E-state index in [1.165, 1.54) is 12.8 Å². The summed E-state index contributed by atoms with van der Waals surface area (Å²) in [6.07, 6.45) is 6.61. The number of carbonyl (C=O) groups excluding carboxylic acids is 1. The smallest absolute Gasteiger partial charge is 0.244 e. The maximum absolute atomic E-state index is 12.4. The van der Waals surface area contributed by atoms with Crippen LogP contribution in [0.15, 0.2) is 0 Å². The Bertz CT molecular complexity index is 281. The van der Waals surface area contributed by atoms with Crippen molar-refractivity contribution >= 4 is 5.91 Å². The summed E-state index contributed by atoms with van der Waals surface area (Å²) in [6, 6.07) is 0.314. The molecule has 1 N–H and O–H groups in total. The summed E-state index contributed by atoms with van der Waals surface area (Å²) < 4.78 is 5.47. The molecule has 2 aliphatic heterocycles. The van der Waals surface area contributed by atoms with Gasteiger partial charge in [-0.25, -0.2) is 0 Å². The minimum absolute atomic E-state index is 0.197. The predicted octanol–water partition coefficient (Wildman–Crippen LogP) is 0.867. The van der Waals surface area contributed by atoms with Gasteiger partial charge in [0.15, 0.2) is 0 Å². The maximum atomic E-state index is 12.4. The summed E-state index contributed by atoms with van der Waals surface area (Å²) in [5.74, 6) is 0.334. The zero-order chi connectivity index (χ0) is 11.0. The van der Waals surface area contributed by atoms with Crippen LogP contribution in [0, 0.1) is 0 Å². The molecule has 1 atom stereocenters. The number of hydrogen-bond donors (Lipinski definition) is 1. The van der Waals surface area contributed by atoms with Crippen LogP contribution in [0.2, 0.25) is 0 Å². The van der Waals surface area contributed by atoms with Gasteiger partial charge in [0.1, 0.15) is 0 Å². The SMILES string of the molecule is O=C1N(C2CCCOC2)CNC12CCCC2. The Balaban J connectivity index is 1.71. The van der Waals surface area contributed by atoms with Gasteiger partial charge in [-0.15, -0.1) is 0 Å². The number of ether oxygens (including phenoxy) is 1. The lowest BCUT2D eigenvalue weighted by Crippen LogP contribution is -2.47. The van der Waals surface area contributed by atoms with Crippen molar-refractivity contribution in [1.29, 1.82) is 0 Å². The summed E-state index contributed by atoms with van der Waals surface area (Å²) in [4.78, 5) is 14.5. The zero-order valence-electron chi connectivity index (χ0n) is 9.71. The molecule has 1 saturated carbocycles. The third kappa shape index (κ3) is 1.55. The van der Waals surface area contributed by atoms with E-state index in [1.807, 2.05) is 4.90 Å². The normalized spacial score (nSPS) is 33.9. The monoisotopic (exact) mass is 224 g/mol. The van der Waals surface area contributed by atoms with Gasteiger partial charge in [0.25, 0.3) is 0 Å². The highest BCUT2D eigenvalue weighted by molar-refractivity contribution is 5.89. The fourth-order valence-electron chi connectivity index (χ4n) is 3.29. The first-order chi connectivity index (χ1) is 7.82. The molecule has 1 aliphatic carbocycles. The van der Waals surface area contributed by atoms with Crippen LogP contribution in [0.3, 0.4) is 0 Å². The molecule has 2 saturated heterocycles. The molecule has 1 unspecified atom stereocenters. The van der Waals surface area contributed by atoms with Gasteiger partial charge in [-0.2, -0.15) is 0 Å². The Hall–Kier alpha value is -0.610. The average Bonchev–Trinajstić information content (AvgIpc) is 2.91. The average molecular weight is 224 g/mol. The molecule has 90 valence electrons. The van der Waals surface area contributed by atoms with Gasteiger partial charge in [0.05, 0.1) is 24.9 Å². The maximum Gasteiger partial charge on any atom is 0.244 e. The van der Waals surface area contributed by atoms with Gasteiger partial charge in [-0.1, -0.05) is 12.8 Å². The topological polar surface area (TPSA) is 41.6 Å². The van der Waals surface area contributed by atoms with Gasteiger partial charge in [0.2, 0.25) is 5.91 Å². The lowest BCUT2D eigenvalue weighted by Gasteiger charge is -2.31. The van der Waals surface area contributed by atoms with E-state index in [2.05, 4.69) is 5.32 Å². The lowest BCUT2D eigenvalue weighted by atomic mass is 9.97. The summed E-state index contributed by atoms with van der Waals surface area (Å²) >= 11 is 0. The Morgan fingerprint density at radius 3 is 2.81 bits per heavy atom. The Kier molecular flexibility index (Phi) is 2.64. The van der Waals surface area contributed by atoms with Crippen LogP contribution in [0.1, 0.15) is 38.5 Å². The van der Waals surface area contributed by atoms with E-state index in [9.17, 15) is 4.79 Å². The zero-order valence-corrected chi connectivity index (χ0v) is 9.71. The Labute approximate surface area is 96.3 Å². The third-order valence-corrected chi connectivity index (χ3v) is 4.29. The molecule has 0 bridgehead atoms. The number of nitrogens with one attached hydrogen (secondary N) is 1. The number of nitrogens with zero attached hydrogens (tertiary/aromatic N) is 1. The van der Waals surface area contributed by atoms with Crippen molar-refractivity contribution in [1.82, 2.24) is 10.2 Å². The van der Waals surface area contributed by atoms with Gasteiger partial charge >= 0.3 is 0 Å². The third-order valence-electron chi connectivity index (χ3n) is 4.29. The first-order valence-electron chi connectivity index (χ1n) is 6.46. The molecule has 4 heteroatoms. The highest BCUT2D eigenvalue weighted by Gasteiger charge is 2.49. The fourth-order valence-corrected chi connectivity index (χ4v) is 3.29. The van der Waals surface area contributed by atoms with E-state index in [1.54, 1.807) is 0 Å². The van der Waals surface area contributed by atoms with Crippen LogP contribution >= 0.6 is 0 Å². The predicted molar refractivity (Wildman–Crippen MR) is 59.9 cm³/mol. The molecule has 3 fully saturated rings. The second-order valence-electron chi connectivity index (χ2n) is 5.27. The van der Waals surface area contributed by atoms with Crippen molar-refractivity contribution in [3.63, 3.8) is 0 Å². The van der Waals surface area contributed by atoms with Crippen molar-refractivity contribution in [3.05, 3.63) is 0 Å². The number of carbonyl (C=O) groups is 1. The minimum atomic E-state index is -0.197. The van der Waals surface area contributed by atoms with Crippen LogP contribution in [-0.2, 0) is 9.53 Å². The van der Waals surface area contributed by atoms with E-state index in [0.29, 0.717) is 11.9 Å². The van der Waals surface area contributed by atoms with E-state index < -0.39 is 0 Å². The molecule has 0 aromatic heterocycles. The van der Waals surface area contributed by atoms with Gasteiger partial charge in [0, 0.05) is 6.61 Å². The first kappa shape index (κ1) is 10.5. The summed E-state index contributed by atoms with van der Waals surface area (Å²) in [5.41, 5.74) is -0.197. The molecule has 2 heterocycles. The van der Waals surface area contributed by atoms with Crippen LogP contribution in [0.5, 0.6) is 0 Å². The summed E-state index contributed by atoms with van der Waals surface area (Å²) in [6.45, 7) is 2.31. The van der Waals surface area contributed by atoms with E-state index in [-0.39, 0.29) is 5.54 Å². The molecular formula is C12H20N2O2. The highest BCUT2D eigenvalue weighted by atomic mass is 16.5. The molecule has 1 amide bonds. The van der Waals surface area contributed by atoms with E-state index >= 15 is 0 Å². The molecule has 16 heavy (non-hydrogen) atoms. The molecule has 3 rings (SSSR count). The summed E-state index contributed by atoms with van der Waals surface area (Å²) in [5, 5.41) is 3.45. The molecule has 1 spiro atoms. The standard InChI is InChI=1S/C12H20N2O2/c15-11-12(5-1-2-6-12)13-9-14(11)10-4-3-7-16-8-10/h10,13H,1-9H2.